The van der Waals surface area contributed by atoms with E-state index < -0.39 is 17.6 Å². The minimum absolute atomic E-state index is 0.816. The number of hydrogen-bond acceptors (Lipinski definition) is 7. The molecule has 0 aromatic rings. The van der Waals surface area contributed by atoms with E-state index in [2.05, 4.69) is 12.6 Å². The van der Waals surface area contributed by atoms with Crippen LogP contribution in [0.5, 0.6) is 0 Å². The van der Waals surface area contributed by atoms with Crippen LogP contribution in [0.3, 0.4) is 0 Å². The lowest BCUT2D eigenvalue weighted by molar-refractivity contribution is 0.123. The van der Waals surface area contributed by atoms with E-state index in [1.54, 1.807) is 42.7 Å². The van der Waals surface area contributed by atoms with Gasteiger partial charge in [-0.05, 0) is 12.2 Å². The zero-order chi connectivity index (χ0) is 16.1. The third-order valence-corrected chi connectivity index (χ3v) is 8.82. The normalized spacial score (nSPS) is 12.0. The maximum absolute atomic E-state index is 5.20. The molecular formula is C11H30O6SSi2. The Morgan fingerprint density at radius 2 is 1.05 bits per heavy atom. The van der Waals surface area contributed by atoms with E-state index >= 15 is 0 Å². The predicted molar refractivity (Wildman–Crippen MR) is 87.3 cm³/mol. The maximum Gasteiger partial charge on any atom is 0.500 e. The molecule has 0 N–H and O–H groups in total. The third-order valence-electron chi connectivity index (χ3n) is 2.94. The number of hydrogen-bond donors (Lipinski definition) is 1. The van der Waals surface area contributed by atoms with Crippen LogP contribution in [-0.4, -0.2) is 66.0 Å². The van der Waals surface area contributed by atoms with Crippen molar-refractivity contribution in [3.63, 3.8) is 0 Å². The molecule has 0 bridgehead atoms. The van der Waals surface area contributed by atoms with E-state index in [9.17, 15) is 0 Å². The molecule has 9 heteroatoms. The van der Waals surface area contributed by atoms with Crippen molar-refractivity contribution in [2.24, 2.45) is 0 Å². The Hall–Kier alpha value is 0.544. The van der Waals surface area contributed by atoms with Crippen LogP contribution in [0, 0.1) is 0 Å². The van der Waals surface area contributed by atoms with Crippen LogP contribution in [0.4, 0.5) is 0 Å². The first-order valence-corrected chi connectivity index (χ1v) is 10.9. The molecule has 0 unspecified atom stereocenters. The summed E-state index contributed by atoms with van der Waals surface area (Å²) in [6.45, 7) is 1.99. The first-order valence-electron chi connectivity index (χ1n) is 6.40. The molecule has 0 saturated carbocycles. The smallest absolute Gasteiger partial charge is 0.377 e. The largest absolute Gasteiger partial charge is 0.500 e. The van der Waals surface area contributed by atoms with E-state index in [-0.39, 0.29) is 0 Å². The number of rotatable bonds is 10. The second-order valence-electron chi connectivity index (χ2n) is 3.77. The summed E-state index contributed by atoms with van der Waals surface area (Å²) in [7, 11) is 5.23. The minimum atomic E-state index is -2.29. The van der Waals surface area contributed by atoms with Crippen LogP contribution in [0.15, 0.2) is 0 Å². The molecule has 0 amide bonds. The Labute approximate surface area is 131 Å². The van der Waals surface area contributed by atoms with Crippen molar-refractivity contribution in [3.8, 4) is 0 Å². The Kier molecular flexibility index (Phi) is 15.1. The van der Waals surface area contributed by atoms with Gasteiger partial charge in [0, 0.05) is 54.7 Å². The topological polar surface area (TPSA) is 55.4 Å². The van der Waals surface area contributed by atoms with Crippen LogP contribution < -0.4 is 0 Å². The lowest BCUT2D eigenvalue weighted by atomic mass is 10.6. The highest BCUT2D eigenvalue weighted by Crippen LogP contribution is 2.14. The van der Waals surface area contributed by atoms with Gasteiger partial charge in [-0.25, -0.2) is 0 Å². The molecule has 0 spiro atoms. The van der Waals surface area contributed by atoms with Gasteiger partial charge in [-0.2, -0.15) is 12.6 Å². The van der Waals surface area contributed by atoms with Crippen molar-refractivity contribution < 1.29 is 26.6 Å². The first kappa shape index (κ1) is 22.8. The Balaban J connectivity index is 0. The molecule has 0 aliphatic heterocycles. The lowest BCUT2D eigenvalue weighted by Gasteiger charge is -2.23. The molecule has 124 valence electrons. The highest BCUT2D eigenvalue weighted by molar-refractivity contribution is 7.80. The summed E-state index contributed by atoms with van der Waals surface area (Å²) in [6.07, 6.45) is 0.963. The standard InChI is InChI=1S/C6H16O3SSi.C5H14O3Si/c1-7-11(8-2,9-3)6-4-5-10;1-5-9(6-2,7-3)8-4/h10H,4-6H2,1-3H3;5H2,1-4H3. The molecule has 20 heavy (non-hydrogen) atoms. The molecule has 0 aliphatic rings. The second kappa shape index (κ2) is 13.2. The monoisotopic (exact) mass is 346 g/mol. The molecule has 0 aromatic heterocycles. The van der Waals surface area contributed by atoms with Crippen LogP contribution in [-0.2, 0) is 26.6 Å². The van der Waals surface area contributed by atoms with Gasteiger partial charge in [0.15, 0.2) is 0 Å². The average molecular weight is 347 g/mol. The fourth-order valence-electron chi connectivity index (χ4n) is 1.53. The quantitative estimate of drug-likeness (QED) is 0.483. The van der Waals surface area contributed by atoms with Crippen molar-refractivity contribution in [3.05, 3.63) is 0 Å². The van der Waals surface area contributed by atoms with Gasteiger partial charge in [-0.1, -0.05) is 6.92 Å². The zero-order valence-electron chi connectivity index (χ0n) is 13.7. The molecule has 0 aromatic carbocycles. The predicted octanol–water partition coefficient (Wildman–Crippen LogP) is 2.07. The van der Waals surface area contributed by atoms with Gasteiger partial charge in [0.2, 0.25) is 0 Å². The van der Waals surface area contributed by atoms with Crippen molar-refractivity contribution in [1.29, 1.82) is 0 Å². The fraction of sp³-hybridized carbons (Fsp3) is 1.00. The summed E-state index contributed by atoms with van der Waals surface area (Å²) in [4.78, 5) is 0. The summed E-state index contributed by atoms with van der Waals surface area (Å²) >= 11 is 4.10. The van der Waals surface area contributed by atoms with Crippen molar-refractivity contribution in [1.82, 2.24) is 0 Å². The van der Waals surface area contributed by atoms with Crippen LogP contribution in [0.1, 0.15) is 13.3 Å². The van der Waals surface area contributed by atoms with Gasteiger partial charge >= 0.3 is 17.6 Å². The molecule has 0 saturated heterocycles. The zero-order valence-corrected chi connectivity index (χ0v) is 16.6. The molecule has 0 radical (unpaired) electrons. The van der Waals surface area contributed by atoms with Crippen LogP contribution >= 0.6 is 12.6 Å². The summed E-state index contributed by atoms with van der Waals surface area (Å²) in [5.41, 5.74) is 0. The third kappa shape index (κ3) is 8.10. The molecule has 0 atom stereocenters. The summed E-state index contributed by atoms with van der Waals surface area (Å²) in [5.74, 6) is 0.838. The highest BCUT2D eigenvalue weighted by Gasteiger charge is 2.36. The van der Waals surface area contributed by atoms with Gasteiger partial charge in [0.25, 0.3) is 0 Å². The highest BCUT2D eigenvalue weighted by atomic mass is 32.1. The first-order chi connectivity index (χ1) is 9.49. The molecular weight excluding hydrogens is 316 g/mol. The lowest BCUT2D eigenvalue weighted by Crippen LogP contribution is -2.42. The van der Waals surface area contributed by atoms with Crippen molar-refractivity contribution >= 4 is 30.2 Å². The molecule has 0 aliphatic carbocycles. The SMILES string of the molecule is CC[Si](OC)(OC)OC.CO[Si](CCCS)(OC)OC. The minimum Gasteiger partial charge on any atom is -0.377 e. The molecule has 0 heterocycles. The van der Waals surface area contributed by atoms with Gasteiger partial charge in [-0.3, -0.25) is 0 Å². The van der Waals surface area contributed by atoms with Crippen molar-refractivity contribution in [2.45, 2.75) is 25.4 Å². The van der Waals surface area contributed by atoms with E-state index in [1.165, 1.54) is 0 Å². The van der Waals surface area contributed by atoms with Crippen molar-refractivity contribution in [2.75, 3.05) is 48.4 Å². The Morgan fingerprint density at radius 3 is 1.20 bits per heavy atom. The van der Waals surface area contributed by atoms with E-state index in [1.807, 2.05) is 6.92 Å². The van der Waals surface area contributed by atoms with Crippen LogP contribution in [0.25, 0.3) is 0 Å². The molecule has 0 fully saturated rings. The average Bonchev–Trinajstić information content (AvgIpc) is 2.53. The summed E-state index contributed by atoms with van der Waals surface area (Å²) in [6, 6.07) is 1.65. The number of thiol groups is 1. The van der Waals surface area contributed by atoms with Gasteiger partial charge in [0.1, 0.15) is 0 Å². The van der Waals surface area contributed by atoms with E-state index in [4.69, 9.17) is 26.6 Å². The van der Waals surface area contributed by atoms with Gasteiger partial charge in [-0.15, -0.1) is 0 Å². The summed E-state index contributed by atoms with van der Waals surface area (Å²) in [5, 5.41) is 0. The summed E-state index contributed by atoms with van der Waals surface area (Å²) < 4.78 is 30.8. The fourth-order valence-corrected chi connectivity index (χ4v) is 5.08. The molecule has 6 nitrogen and oxygen atoms in total. The van der Waals surface area contributed by atoms with Crippen LogP contribution in [0.2, 0.25) is 12.1 Å². The Morgan fingerprint density at radius 1 is 0.700 bits per heavy atom. The van der Waals surface area contributed by atoms with Gasteiger partial charge < -0.3 is 26.6 Å². The maximum atomic E-state index is 5.20. The molecule has 0 rings (SSSR count). The van der Waals surface area contributed by atoms with E-state index in [0.29, 0.717) is 0 Å². The second-order valence-corrected chi connectivity index (χ2v) is 10.6. The Bertz CT molecular complexity index is 189. The van der Waals surface area contributed by atoms with Gasteiger partial charge in [0.05, 0.1) is 0 Å². The van der Waals surface area contributed by atoms with E-state index in [0.717, 1.165) is 24.3 Å².